The summed E-state index contributed by atoms with van der Waals surface area (Å²) >= 11 is 0. The lowest BCUT2D eigenvalue weighted by Gasteiger charge is -2.26. The van der Waals surface area contributed by atoms with Crippen LogP contribution in [0.25, 0.3) is 0 Å². The summed E-state index contributed by atoms with van der Waals surface area (Å²) in [4.78, 5) is 12.6. The average Bonchev–Trinajstić information content (AvgIpc) is 2.34. The van der Waals surface area contributed by atoms with Crippen molar-refractivity contribution in [2.45, 2.75) is 32.9 Å². The number of hydrogen-bond acceptors (Lipinski definition) is 3. The molecule has 0 saturated carbocycles. The molecule has 1 rings (SSSR count). The molecule has 0 aliphatic rings. The maximum atomic E-state index is 13.3. The third-order valence-electron chi connectivity index (χ3n) is 2.96. The highest BCUT2D eigenvalue weighted by molar-refractivity contribution is 5.66. The maximum Gasteiger partial charge on any atom is 0.304 e. The highest BCUT2D eigenvalue weighted by Gasteiger charge is 2.14. The summed E-state index contributed by atoms with van der Waals surface area (Å²) in [6, 6.07) is 4.53. The van der Waals surface area contributed by atoms with Gasteiger partial charge in [-0.05, 0) is 32.0 Å². The summed E-state index contributed by atoms with van der Waals surface area (Å²) in [6.45, 7) is 4.85. The van der Waals surface area contributed by atoms with Crippen molar-refractivity contribution in [3.8, 4) is 5.75 Å². The number of rotatable bonds is 7. The molecule has 0 aliphatic carbocycles. The molecular weight excluding hydrogens is 249 g/mol. The Labute approximate surface area is 112 Å². The van der Waals surface area contributed by atoms with Gasteiger partial charge in [0.2, 0.25) is 0 Å². The van der Waals surface area contributed by atoms with E-state index in [1.807, 2.05) is 18.7 Å². The van der Waals surface area contributed by atoms with Crippen molar-refractivity contribution >= 4 is 5.97 Å². The van der Waals surface area contributed by atoms with Crippen LogP contribution in [0.15, 0.2) is 18.2 Å². The molecule has 0 saturated heterocycles. The number of carbonyl (C=O) groups is 1. The number of carboxylic acid groups (broad SMARTS) is 1. The van der Waals surface area contributed by atoms with Crippen LogP contribution in [0.3, 0.4) is 0 Å². The third kappa shape index (κ3) is 4.87. The van der Waals surface area contributed by atoms with E-state index in [1.165, 1.54) is 19.2 Å². The van der Waals surface area contributed by atoms with Gasteiger partial charge in [0.1, 0.15) is 11.6 Å². The highest BCUT2D eigenvalue weighted by atomic mass is 19.1. The van der Waals surface area contributed by atoms with Gasteiger partial charge in [0, 0.05) is 24.7 Å². The SMILES string of the molecule is COc1ccc(F)cc1CN(CCC(=O)O)C(C)C. The summed E-state index contributed by atoms with van der Waals surface area (Å²) < 4.78 is 18.5. The van der Waals surface area contributed by atoms with Crippen molar-refractivity contribution in [3.63, 3.8) is 0 Å². The molecule has 0 aliphatic heterocycles. The molecule has 0 radical (unpaired) electrons. The fraction of sp³-hybridized carbons (Fsp3) is 0.500. The summed E-state index contributed by atoms with van der Waals surface area (Å²) in [5.74, 6) is -0.544. The molecule has 1 aromatic rings. The van der Waals surface area contributed by atoms with Gasteiger partial charge in [0.05, 0.1) is 13.5 Å². The quantitative estimate of drug-likeness (QED) is 0.826. The summed E-state index contributed by atoms with van der Waals surface area (Å²) in [5.41, 5.74) is 0.724. The van der Waals surface area contributed by atoms with Crippen molar-refractivity contribution in [2.75, 3.05) is 13.7 Å². The van der Waals surface area contributed by atoms with E-state index >= 15 is 0 Å². The van der Waals surface area contributed by atoms with Gasteiger partial charge in [-0.3, -0.25) is 9.69 Å². The molecule has 0 unspecified atom stereocenters. The molecule has 0 bridgehead atoms. The fourth-order valence-corrected chi connectivity index (χ4v) is 1.85. The Kier molecular flexibility index (Phi) is 5.76. The second-order valence-electron chi connectivity index (χ2n) is 4.66. The molecule has 0 amide bonds. The Balaban J connectivity index is 2.83. The standard InChI is InChI=1S/C14H20FNO3/c1-10(2)16(7-6-14(17)18)9-11-8-12(15)4-5-13(11)19-3/h4-5,8,10H,6-7,9H2,1-3H3,(H,17,18). The molecular formula is C14H20FNO3. The van der Waals surface area contributed by atoms with Gasteiger partial charge in [-0.1, -0.05) is 0 Å². The van der Waals surface area contributed by atoms with Crippen molar-refractivity contribution in [1.29, 1.82) is 0 Å². The monoisotopic (exact) mass is 269 g/mol. The highest BCUT2D eigenvalue weighted by Crippen LogP contribution is 2.22. The van der Waals surface area contributed by atoms with E-state index in [0.717, 1.165) is 5.56 Å². The number of carboxylic acids is 1. The Bertz CT molecular complexity index is 435. The van der Waals surface area contributed by atoms with Gasteiger partial charge in [-0.15, -0.1) is 0 Å². The van der Waals surface area contributed by atoms with E-state index in [9.17, 15) is 9.18 Å². The normalized spacial score (nSPS) is 11.1. The minimum absolute atomic E-state index is 0.0653. The second-order valence-corrected chi connectivity index (χ2v) is 4.66. The maximum absolute atomic E-state index is 13.3. The number of ether oxygens (including phenoxy) is 1. The average molecular weight is 269 g/mol. The van der Waals surface area contributed by atoms with Crippen LogP contribution in [0.1, 0.15) is 25.8 Å². The molecule has 0 atom stereocenters. The third-order valence-corrected chi connectivity index (χ3v) is 2.96. The zero-order chi connectivity index (χ0) is 14.4. The van der Waals surface area contributed by atoms with Crippen molar-refractivity contribution < 1.29 is 19.0 Å². The first-order valence-corrected chi connectivity index (χ1v) is 6.22. The molecule has 0 aromatic heterocycles. The lowest BCUT2D eigenvalue weighted by molar-refractivity contribution is -0.137. The van der Waals surface area contributed by atoms with Gasteiger partial charge in [-0.25, -0.2) is 4.39 Å². The molecule has 0 fully saturated rings. The topological polar surface area (TPSA) is 49.8 Å². The molecule has 1 N–H and O–H groups in total. The van der Waals surface area contributed by atoms with Crippen LogP contribution in [-0.4, -0.2) is 35.7 Å². The largest absolute Gasteiger partial charge is 0.496 e. The van der Waals surface area contributed by atoms with Crippen molar-refractivity contribution in [3.05, 3.63) is 29.6 Å². The van der Waals surface area contributed by atoms with Gasteiger partial charge in [0.25, 0.3) is 0 Å². The van der Waals surface area contributed by atoms with Crippen LogP contribution in [-0.2, 0) is 11.3 Å². The van der Waals surface area contributed by atoms with Gasteiger partial charge < -0.3 is 9.84 Å². The molecule has 106 valence electrons. The van der Waals surface area contributed by atoms with E-state index in [2.05, 4.69) is 0 Å². The molecule has 0 heterocycles. The first kappa shape index (κ1) is 15.4. The molecule has 19 heavy (non-hydrogen) atoms. The Morgan fingerprint density at radius 3 is 2.68 bits per heavy atom. The molecule has 0 spiro atoms. The first-order valence-electron chi connectivity index (χ1n) is 6.22. The Morgan fingerprint density at radius 1 is 1.47 bits per heavy atom. The predicted molar refractivity (Wildman–Crippen MR) is 70.8 cm³/mol. The summed E-state index contributed by atoms with van der Waals surface area (Å²) in [6.07, 6.45) is 0.0653. The van der Waals surface area contributed by atoms with Crippen molar-refractivity contribution in [1.82, 2.24) is 4.90 Å². The summed E-state index contributed by atoms with van der Waals surface area (Å²) in [7, 11) is 1.54. The predicted octanol–water partition coefficient (Wildman–Crippen LogP) is 2.52. The minimum Gasteiger partial charge on any atom is -0.496 e. The number of methoxy groups -OCH3 is 1. The lowest BCUT2D eigenvalue weighted by Crippen LogP contribution is -2.32. The number of halogens is 1. The van der Waals surface area contributed by atoms with Gasteiger partial charge in [0.15, 0.2) is 0 Å². The van der Waals surface area contributed by atoms with Crippen LogP contribution < -0.4 is 4.74 Å². The Morgan fingerprint density at radius 2 is 2.16 bits per heavy atom. The minimum atomic E-state index is -0.836. The number of nitrogens with zero attached hydrogens (tertiary/aromatic N) is 1. The fourth-order valence-electron chi connectivity index (χ4n) is 1.85. The zero-order valence-corrected chi connectivity index (χ0v) is 11.5. The van der Waals surface area contributed by atoms with Crippen LogP contribution in [0.5, 0.6) is 5.75 Å². The van der Waals surface area contributed by atoms with E-state index in [-0.39, 0.29) is 18.3 Å². The smallest absolute Gasteiger partial charge is 0.304 e. The van der Waals surface area contributed by atoms with Gasteiger partial charge in [-0.2, -0.15) is 0 Å². The van der Waals surface area contributed by atoms with Crippen LogP contribution in [0, 0.1) is 5.82 Å². The first-order chi connectivity index (χ1) is 8.93. The van der Waals surface area contributed by atoms with E-state index < -0.39 is 5.97 Å². The number of hydrogen-bond donors (Lipinski definition) is 1. The molecule has 4 nitrogen and oxygen atoms in total. The number of benzene rings is 1. The van der Waals surface area contributed by atoms with E-state index in [0.29, 0.717) is 18.8 Å². The van der Waals surface area contributed by atoms with Crippen LogP contribution >= 0.6 is 0 Å². The van der Waals surface area contributed by atoms with E-state index in [1.54, 1.807) is 6.07 Å². The Hall–Kier alpha value is -1.62. The van der Waals surface area contributed by atoms with Crippen LogP contribution in [0.4, 0.5) is 4.39 Å². The van der Waals surface area contributed by atoms with E-state index in [4.69, 9.17) is 9.84 Å². The van der Waals surface area contributed by atoms with Crippen LogP contribution in [0.2, 0.25) is 0 Å². The second kappa shape index (κ2) is 7.09. The zero-order valence-electron chi connectivity index (χ0n) is 11.5. The number of aliphatic carboxylic acids is 1. The molecule has 1 aromatic carbocycles. The molecule has 5 heteroatoms. The van der Waals surface area contributed by atoms with Gasteiger partial charge >= 0.3 is 5.97 Å². The summed E-state index contributed by atoms with van der Waals surface area (Å²) in [5, 5.41) is 8.74. The van der Waals surface area contributed by atoms with Crippen molar-refractivity contribution in [2.24, 2.45) is 0 Å². The lowest BCUT2D eigenvalue weighted by atomic mass is 10.1.